The van der Waals surface area contributed by atoms with Gasteiger partial charge < -0.3 is 5.32 Å². The summed E-state index contributed by atoms with van der Waals surface area (Å²) >= 11 is 0. The highest BCUT2D eigenvalue weighted by Crippen LogP contribution is 2.22. The molecule has 1 aromatic carbocycles. The number of nitrogens with zero attached hydrogens (tertiary/aromatic N) is 4. The number of fused-ring (bicyclic) bond motifs is 3. The van der Waals surface area contributed by atoms with Gasteiger partial charge in [-0.15, -0.1) is 0 Å². The van der Waals surface area contributed by atoms with Crippen molar-refractivity contribution in [3.8, 4) is 0 Å². The van der Waals surface area contributed by atoms with Crippen molar-refractivity contribution in [1.29, 1.82) is 0 Å². The number of para-hydroxylation sites is 1. The molecule has 1 aliphatic heterocycles. The third-order valence-electron chi connectivity index (χ3n) is 3.88. The Balaban J connectivity index is 1.88. The summed E-state index contributed by atoms with van der Waals surface area (Å²) in [5.74, 6) is 0.631. The van der Waals surface area contributed by atoms with Crippen LogP contribution in [0.25, 0.3) is 10.9 Å². The zero-order valence-corrected chi connectivity index (χ0v) is 12.7. The van der Waals surface area contributed by atoms with E-state index in [4.69, 9.17) is 0 Å². The van der Waals surface area contributed by atoms with Crippen molar-refractivity contribution in [2.75, 3.05) is 11.9 Å². The van der Waals surface area contributed by atoms with E-state index >= 15 is 0 Å². The lowest BCUT2D eigenvalue weighted by Crippen LogP contribution is -2.24. The fraction of sp³-hybridized carbons (Fsp3) is 0.176. The summed E-state index contributed by atoms with van der Waals surface area (Å²) in [6, 6.07) is 11.4. The van der Waals surface area contributed by atoms with Gasteiger partial charge in [0, 0.05) is 30.4 Å². The molecule has 0 radical (unpaired) electrons. The van der Waals surface area contributed by atoms with E-state index in [1.807, 2.05) is 35.8 Å². The molecule has 1 aliphatic rings. The number of carbonyl (C=O) groups excluding carboxylic acids is 1. The summed E-state index contributed by atoms with van der Waals surface area (Å²) in [6.45, 7) is 3.43. The molecule has 0 aliphatic carbocycles. The second-order valence-electron chi connectivity index (χ2n) is 5.46. The molecule has 23 heavy (non-hydrogen) atoms. The van der Waals surface area contributed by atoms with Crippen LogP contribution in [0.15, 0.2) is 47.6 Å². The molecule has 6 heteroatoms. The number of pyridine rings is 1. The number of rotatable bonds is 1. The van der Waals surface area contributed by atoms with Gasteiger partial charge in [-0.3, -0.25) is 14.3 Å². The standard InChI is InChI=1S/C17H15N5O/c1-11-6-7-12(10-19-11)16(23)21-17-20-14-5-3-2-4-13(14)15-18-8-9-22(15)17/h2-7,10,18H,8-9H2,1H3. The molecule has 0 bridgehead atoms. The minimum absolute atomic E-state index is 0.332. The highest BCUT2D eigenvalue weighted by Gasteiger charge is 2.15. The molecule has 4 rings (SSSR count). The Labute approximate surface area is 132 Å². The first kappa shape index (κ1) is 13.6. The second kappa shape index (κ2) is 5.31. The van der Waals surface area contributed by atoms with E-state index in [9.17, 15) is 4.79 Å². The molecule has 0 unspecified atom stereocenters. The van der Waals surface area contributed by atoms with Crippen LogP contribution in [0.5, 0.6) is 0 Å². The van der Waals surface area contributed by atoms with Crippen molar-refractivity contribution >= 4 is 22.6 Å². The van der Waals surface area contributed by atoms with Crippen LogP contribution >= 0.6 is 0 Å². The van der Waals surface area contributed by atoms with Gasteiger partial charge in [0.05, 0.1) is 11.1 Å². The summed E-state index contributed by atoms with van der Waals surface area (Å²) in [6.07, 6.45) is 1.55. The Hall–Kier alpha value is -3.02. The smallest absolute Gasteiger partial charge is 0.281 e. The topological polar surface area (TPSA) is 72.2 Å². The lowest BCUT2D eigenvalue weighted by atomic mass is 10.2. The van der Waals surface area contributed by atoms with Crippen molar-refractivity contribution in [3.63, 3.8) is 0 Å². The Morgan fingerprint density at radius 2 is 2.13 bits per heavy atom. The lowest BCUT2D eigenvalue weighted by Gasteiger charge is -2.07. The zero-order valence-electron chi connectivity index (χ0n) is 12.7. The first-order valence-corrected chi connectivity index (χ1v) is 7.47. The Bertz CT molecular complexity index is 972. The maximum atomic E-state index is 12.4. The highest BCUT2D eigenvalue weighted by atomic mass is 16.1. The number of hydrogen-bond acceptors (Lipinski definition) is 4. The molecular weight excluding hydrogens is 290 g/mol. The average molecular weight is 305 g/mol. The van der Waals surface area contributed by atoms with Crippen LogP contribution in [0.3, 0.4) is 0 Å². The van der Waals surface area contributed by atoms with Gasteiger partial charge >= 0.3 is 0 Å². The predicted octanol–water partition coefficient (Wildman–Crippen LogP) is 1.91. The quantitative estimate of drug-likeness (QED) is 0.745. The Morgan fingerprint density at radius 3 is 2.96 bits per heavy atom. The summed E-state index contributed by atoms with van der Waals surface area (Å²) < 4.78 is 1.95. The maximum absolute atomic E-state index is 12.4. The van der Waals surface area contributed by atoms with Crippen LogP contribution in [0.2, 0.25) is 0 Å². The molecule has 0 fully saturated rings. The number of amides is 1. The van der Waals surface area contributed by atoms with E-state index < -0.39 is 0 Å². The monoisotopic (exact) mass is 305 g/mol. The summed E-state index contributed by atoms with van der Waals surface area (Å²) in [7, 11) is 0. The van der Waals surface area contributed by atoms with Crippen molar-refractivity contribution in [2.24, 2.45) is 4.99 Å². The summed E-state index contributed by atoms with van der Waals surface area (Å²) in [5, 5.41) is 4.38. The van der Waals surface area contributed by atoms with Crippen LogP contribution in [-0.4, -0.2) is 27.0 Å². The zero-order chi connectivity index (χ0) is 15.8. The lowest BCUT2D eigenvalue weighted by molar-refractivity contribution is 0.0996. The molecule has 2 aromatic heterocycles. The van der Waals surface area contributed by atoms with E-state index in [-0.39, 0.29) is 5.91 Å². The van der Waals surface area contributed by atoms with Gasteiger partial charge in [0.2, 0.25) is 5.62 Å². The van der Waals surface area contributed by atoms with E-state index in [0.29, 0.717) is 11.2 Å². The van der Waals surface area contributed by atoms with Crippen molar-refractivity contribution in [3.05, 3.63) is 59.5 Å². The third-order valence-corrected chi connectivity index (χ3v) is 3.88. The average Bonchev–Trinajstić information content (AvgIpc) is 3.06. The van der Waals surface area contributed by atoms with Crippen LogP contribution in [-0.2, 0) is 6.54 Å². The molecule has 0 saturated carbocycles. The predicted molar refractivity (Wildman–Crippen MR) is 87.1 cm³/mol. The van der Waals surface area contributed by atoms with Gasteiger partial charge in [-0.2, -0.15) is 4.99 Å². The van der Waals surface area contributed by atoms with Crippen LogP contribution in [0.1, 0.15) is 16.1 Å². The minimum atomic E-state index is -0.332. The van der Waals surface area contributed by atoms with Gasteiger partial charge in [-0.1, -0.05) is 12.1 Å². The Morgan fingerprint density at radius 1 is 1.26 bits per heavy atom. The highest BCUT2D eigenvalue weighted by molar-refractivity contribution is 5.95. The Kier molecular flexibility index (Phi) is 3.15. The second-order valence-corrected chi connectivity index (χ2v) is 5.46. The maximum Gasteiger partial charge on any atom is 0.281 e. The minimum Gasteiger partial charge on any atom is -0.369 e. The first-order valence-electron chi connectivity index (χ1n) is 7.47. The van der Waals surface area contributed by atoms with E-state index in [2.05, 4.69) is 20.3 Å². The number of carbonyl (C=O) groups is 1. The van der Waals surface area contributed by atoms with E-state index in [1.54, 1.807) is 18.3 Å². The molecule has 0 atom stereocenters. The number of hydrogen-bond donors (Lipinski definition) is 1. The molecule has 1 amide bonds. The van der Waals surface area contributed by atoms with E-state index in [0.717, 1.165) is 35.5 Å². The van der Waals surface area contributed by atoms with Gasteiger partial charge in [-0.05, 0) is 31.2 Å². The van der Waals surface area contributed by atoms with Crippen LogP contribution in [0.4, 0.5) is 5.82 Å². The van der Waals surface area contributed by atoms with Gasteiger partial charge in [0.15, 0.2) is 0 Å². The van der Waals surface area contributed by atoms with Gasteiger partial charge in [0.25, 0.3) is 5.91 Å². The van der Waals surface area contributed by atoms with Crippen LogP contribution < -0.4 is 10.9 Å². The fourth-order valence-corrected chi connectivity index (χ4v) is 2.71. The molecular formula is C17H15N5O. The molecule has 3 aromatic rings. The normalized spacial score (nSPS) is 13.9. The molecule has 114 valence electrons. The summed E-state index contributed by atoms with van der Waals surface area (Å²) in [5.41, 5.74) is 2.58. The molecule has 3 heterocycles. The molecule has 0 spiro atoms. The van der Waals surface area contributed by atoms with Gasteiger partial charge in [-0.25, -0.2) is 4.98 Å². The number of benzene rings is 1. The fourth-order valence-electron chi connectivity index (χ4n) is 2.71. The molecule has 1 N–H and O–H groups in total. The van der Waals surface area contributed by atoms with Crippen molar-refractivity contribution < 1.29 is 4.79 Å². The van der Waals surface area contributed by atoms with E-state index in [1.165, 1.54) is 0 Å². The SMILES string of the molecule is Cc1ccc(C(=O)N=c2nc3ccccc3c3n2CCN3)cn1. The third kappa shape index (κ3) is 2.38. The number of aromatic nitrogens is 3. The summed E-state index contributed by atoms with van der Waals surface area (Å²) in [4.78, 5) is 25.3. The first-order chi connectivity index (χ1) is 11.2. The largest absolute Gasteiger partial charge is 0.369 e. The van der Waals surface area contributed by atoms with Gasteiger partial charge in [0.1, 0.15) is 5.82 Å². The molecule has 0 saturated heterocycles. The number of nitrogens with one attached hydrogen (secondary N) is 1. The van der Waals surface area contributed by atoms with Crippen molar-refractivity contribution in [2.45, 2.75) is 13.5 Å². The van der Waals surface area contributed by atoms with Crippen molar-refractivity contribution in [1.82, 2.24) is 14.5 Å². The molecule has 6 nitrogen and oxygen atoms in total. The van der Waals surface area contributed by atoms with Crippen LogP contribution in [0, 0.1) is 6.92 Å². The number of anilines is 1. The number of aryl methyl sites for hydroxylation is 1.